The summed E-state index contributed by atoms with van der Waals surface area (Å²) >= 11 is 0. The predicted octanol–water partition coefficient (Wildman–Crippen LogP) is 4.64. The molecule has 0 aliphatic rings. The number of phenolic OH excluding ortho intramolecular Hbond substituents is 1. The number of aromatic hydroxyl groups is 1. The zero-order valence-electron chi connectivity index (χ0n) is 15.7. The van der Waals surface area contributed by atoms with Crippen LogP contribution >= 0.6 is 0 Å². The molecule has 5 heteroatoms. The van der Waals surface area contributed by atoms with Crippen LogP contribution in [0.15, 0.2) is 54.9 Å². The van der Waals surface area contributed by atoms with Crippen molar-refractivity contribution >= 4 is 11.5 Å². The van der Waals surface area contributed by atoms with Gasteiger partial charge in [0.15, 0.2) is 11.5 Å². The molecule has 5 nitrogen and oxygen atoms in total. The number of imidazole rings is 1. The van der Waals surface area contributed by atoms with Crippen LogP contribution in [0.25, 0.3) is 16.9 Å². The van der Waals surface area contributed by atoms with Gasteiger partial charge in [-0.05, 0) is 56.2 Å². The Balaban J connectivity index is 1.70. The first kappa shape index (κ1) is 17.1. The Morgan fingerprint density at radius 2 is 1.81 bits per heavy atom. The van der Waals surface area contributed by atoms with Gasteiger partial charge in [0.25, 0.3) is 0 Å². The van der Waals surface area contributed by atoms with Gasteiger partial charge in [0, 0.05) is 24.5 Å². The molecule has 0 amide bonds. The fraction of sp³-hybridized carbons (Fsp3) is 0.182. The zero-order valence-corrected chi connectivity index (χ0v) is 15.7. The molecule has 2 aromatic heterocycles. The lowest BCUT2D eigenvalue weighted by Crippen LogP contribution is -2.05. The van der Waals surface area contributed by atoms with Gasteiger partial charge in [0.2, 0.25) is 0 Å². The number of aromatic nitrogens is 3. The Bertz CT molecular complexity index is 1110. The second-order valence-electron chi connectivity index (χ2n) is 6.85. The van der Waals surface area contributed by atoms with E-state index >= 15 is 0 Å². The molecule has 0 aliphatic heterocycles. The van der Waals surface area contributed by atoms with Crippen LogP contribution < -0.4 is 5.32 Å². The summed E-state index contributed by atoms with van der Waals surface area (Å²) in [4.78, 5) is 9.23. The van der Waals surface area contributed by atoms with Gasteiger partial charge in [-0.3, -0.25) is 4.40 Å². The number of aryl methyl sites for hydroxylation is 3. The van der Waals surface area contributed by atoms with Crippen molar-refractivity contribution < 1.29 is 5.11 Å². The number of hydrogen-bond acceptors (Lipinski definition) is 4. The molecule has 0 aliphatic carbocycles. The minimum absolute atomic E-state index is 0.253. The number of phenols is 1. The molecule has 2 aromatic carbocycles. The summed E-state index contributed by atoms with van der Waals surface area (Å²) in [6.45, 7) is 6.91. The van der Waals surface area contributed by atoms with E-state index in [1.807, 2.05) is 29.7 Å². The Kier molecular flexibility index (Phi) is 4.28. The topological polar surface area (TPSA) is 62.5 Å². The molecule has 0 spiro atoms. The Labute approximate surface area is 158 Å². The average molecular weight is 358 g/mol. The van der Waals surface area contributed by atoms with Crippen LogP contribution in [0.5, 0.6) is 5.75 Å². The summed E-state index contributed by atoms with van der Waals surface area (Å²) in [6, 6.07) is 13.6. The van der Waals surface area contributed by atoms with Crippen LogP contribution in [0.2, 0.25) is 0 Å². The third-order valence-corrected chi connectivity index (χ3v) is 4.80. The fourth-order valence-electron chi connectivity index (χ4n) is 3.41. The van der Waals surface area contributed by atoms with E-state index in [1.165, 1.54) is 16.7 Å². The standard InChI is InChI=1S/C22H22N4O/c1-14-4-5-18(15(2)12-14)13-24-21-22-25-16(3)20(26(22)11-10-23-21)17-6-8-19(27)9-7-17/h4-12,27H,13H2,1-3H3,(H,23,24). The van der Waals surface area contributed by atoms with Crippen molar-refractivity contribution in [2.45, 2.75) is 27.3 Å². The summed E-state index contributed by atoms with van der Waals surface area (Å²) in [6.07, 6.45) is 3.70. The zero-order chi connectivity index (χ0) is 19.0. The number of nitrogens with zero attached hydrogens (tertiary/aromatic N) is 3. The van der Waals surface area contributed by atoms with Crippen LogP contribution in [0.3, 0.4) is 0 Å². The molecule has 4 rings (SSSR count). The molecule has 136 valence electrons. The van der Waals surface area contributed by atoms with E-state index in [1.54, 1.807) is 18.3 Å². The lowest BCUT2D eigenvalue weighted by atomic mass is 10.1. The maximum Gasteiger partial charge on any atom is 0.180 e. The Morgan fingerprint density at radius 3 is 2.56 bits per heavy atom. The summed E-state index contributed by atoms with van der Waals surface area (Å²) in [5.41, 5.74) is 7.49. The number of hydrogen-bond donors (Lipinski definition) is 2. The van der Waals surface area contributed by atoms with Crippen LogP contribution in [-0.2, 0) is 6.54 Å². The smallest absolute Gasteiger partial charge is 0.180 e. The first-order chi connectivity index (χ1) is 13.0. The van der Waals surface area contributed by atoms with Crippen LogP contribution in [-0.4, -0.2) is 19.5 Å². The minimum atomic E-state index is 0.253. The number of rotatable bonds is 4. The highest BCUT2D eigenvalue weighted by Gasteiger charge is 2.14. The van der Waals surface area contributed by atoms with Crippen LogP contribution in [0.4, 0.5) is 5.82 Å². The second kappa shape index (κ2) is 6.76. The van der Waals surface area contributed by atoms with E-state index in [0.717, 1.165) is 28.4 Å². The second-order valence-corrected chi connectivity index (χ2v) is 6.85. The lowest BCUT2D eigenvalue weighted by Gasteiger charge is -2.10. The SMILES string of the molecule is Cc1ccc(CNc2nccn3c(-c4ccc(O)cc4)c(C)nc23)c(C)c1. The molecule has 2 heterocycles. The number of anilines is 1. The van der Waals surface area contributed by atoms with E-state index in [9.17, 15) is 5.11 Å². The van der Waals surface area contributed by atoms with Gasteiger partial charge >= 0.3 is 0 Å². The highest BCUT2D eigenvalue weighted by molar-refractivity contribution is 5.73. The fourth-order valence-corrected chi connectivity index (χ4v) is 3.41. The van der Waals surface area contributed by atoms with Gasteiger partial charge in [0.05, 0.1) is 11.4 Å². The molecule has 27 heavy (non-hydrogen) atoms. The van der Waals surface area contributed by atoms with E-state index in [-0.39, 0.29) is 5.75 Å². The van der Waals surface area contributed by atoms with Gasteiger partial charge in [-0.2, -0.15) is 0 Å². The van der Waals surface area contributed by atoms with Crippen molar-refractivity contribution in [2.24, 2.45) is 0 Å². The van der Waals surface area contributed by atoms with Crippen molar-refractivity contribution in [3.05, 3.63) is 77.2 Å². The van der Waals surface area contributed by atoms with Gasteiger partial charge in [-0.25, -0.2) is 9.97 Å². The molecule has 0 bridgehead atoms. The first-order valence-electron chi connectivity index (χ1n) is 8.96. The Morgan fingerprint density at radius 1 is 1.04 bits per heavy atom. The molecular weight excluding hydrogens is 336 g/mol. The summed E-state index contributed by atoms with van der Waals surface area (Å²) < 4.78 is 2.04. The monoisotopic (exact) mass is 358 g/mol. The molecule has 0 atom stereocenters. The Hall–Kier alpha value is -3.34. The normalized spacial score (nSPS) is 11.1. The van der Waals surface area contributed by atoms with Crippen molar-refractivity contribution in [3.63, 3.8) is 0 Å². The summed E-state index contributed by atoms with van der Waals surface area (Å²) in [7, 11) is 0. The maximum atomic E-state index is 9.56. The molecule has 4 aromatic rings. The summed E-state index contributed by atoms with van der Waals surface area (Å²) in [5.74, 6) is 1.01. The minimum Gasteiger partial charge on any atom is -0.508 e. The molecule has 0 unspecified atom stereocenters. The largest absolute Gasteiger partial charge is 0.508 e. The van der Waals surface area contributed by atoms with Crippen molar-refractivity contribution in [1.29, 1.82) is 0 Å². The lowest BCUT2D eigenvalue weighted by molar-refractivity contribution is 0.475. The van der Waals surface area contributed by atoms with Crippen molar-refractivity contribution in [1.82, 2.24) is 14.4 Å². The molecule has 2 N–H and O–H groups in total. The van der Waals surface area contributed by atoms with Gasteiger partial charge in [-0.15, -0.1) is 0 Å². The molecule has 0 fully saturated rings. The third kappa shape index (κ3) is 3.24. The number of nitrogens with one attached hydrogen (secondary N) is 1. The summed E-state index contributed by atoms with van der Waals surface area (Å²) in [5, 5.41) is 13.0. The third-order valence-electron chi connectivity index (χ3n) is 4.80. The van der Waals surface area contributed by atoms with Gasteiger partial charge in [0.1, 0.15) is 5.75 Å². The first-order valence-corrected chi connectivity index (χ1v) is 8.96. The predicted molar refractivity (Wildman–Crippen MR) is 108 cm³/mol. The van der Waals surface area contributed by atoms with E-state index in [4.69, 9.17) is 4.98 Å². The van der Waals surface area contributed by atoms with Gasteiger partial charge < -0.3 is 10.4 Å². The van der Waals surface area contributed by atoms with E-state index < -0.39 is 0 Å². The molecule has 0 saturated carbocycles. The van der Waals surface area contributed by atoms with Crippen molar-refractivity contribution in [2.75, 3.05) is 5.32 Å². The number of benzene rings is 2. The van der Waals surface area contributed by atoms with Crippen LogP contribution in [0.1, 0.15) is 22.4 Å². The number of fused-ring (bicyclic) bond motifs is 1. The average Bonchev–Trinajstić information content (AvgIpc) is 2.98. The highest BCUT2D eigenvalue weighted by Crippen LogP contribution is 2.28. The molecule has 0 saturated heterocycles. The molecular formula is C22H22N4O. The van der Waals surface area contributed by atoms with Crippen molar-refractivity contribution in [3.8, 4) is 17.0 Å². The quantitative estimate of drug-likeness (QED) is 0.558. The van der Waals surface area contributed by atoms with E-state index in [2.05, 4.69) is 42.3 Å². The van der Waals surface area contributed by atoms with Gasteiger partial charge in [-0.1, -0.05) is 23.8 Å². The van der Waals surface area contributed by atoms with E-state index in [0.29, 0.717) is 6.54 Å². The molecule has 0 radical (unpaired) electrons. The maximum absolute atomic E-state index is 9.56. The highest BCUT2D eigenvalue weighted by atomic mass is 16.3. The van der Waals surface area contributed by atoms with Crippen LogP contribution in [0, 0.1) is 20.8 Å².